The van der Waals surface area contributed by atoms with Gasteiger partial charge in [0.2, 0.25) is 0 Å². The van der Waals surface area contributed by atoms with Gasteiger partial charge in [0, 0.05) is 18.0 Å². The lowest BCUT2D eigenvalue weighted by Crippen LogP contribution is -2.13. The second kappa shape index (κ2) is 3.18. The first-order valence-electron chi connectivity index (χ1n) is 4.30. The van der Waals surface area contributed by atoms with Gasteiger partial charge in [0.1, 0.15) is 11.5 Å². The van der Waals surface area contributed by atoms with Crippen LogP contribution in [-0.4, -0.2) is 17.4 Å². The van der Waals surface area contributed by atoms with Crippen molar-refractivity contribution in [1.82, 2.24) is 5.32 Å². The van der Waals surface area contributed by atoms with Crippen molar-refractivity contribution >= 4 is 5.78 Å². The molecule has 0 radical (unpaired) electrons. The first kappa shape index (κ1) is 8.26. The van der Waals surface area contributed by atoms with Crippen molar-refractivity contribution in [3.8, 4) is 5.75 Å². The fraction of sp³-hybridized carbons (Fsp3) is 0.300. The van der Waals surface area contributed by atoms with E-state index in [-0.39, 0.29) is 17.6 Å². The number of hydrogen-bond donors (Lipinski definition) is 2. The normalized spacial score (nSPS) is 22.2. The van der Waals surface area contributed by atoms with E-state index < -0.39 is 0 Å². The maximum Gasteiger partial charge on any atom is 0.148 e. The van der Waals surface area contributed by atoms with Crippen LogP contribution in [0.3, 0.4) is 0 Å². The summed E-state index contributed by atoms with van der Waals surface area (Å²) < 4.78 is 0. The van der Waals surface area contributed by atoms with Crippen LogP contribution >= 0.6 is 0 Å². The molecule has 1 heterocycles. The topological polar surface area (TPSA) is 49.3 Å². The number of para-hydroxylation sites is 1. The van der Waals surface area contributed by atoms with E-state index in [1.165, 1.54) is 0 Å². The summed E-state index contributed by atoms with van der Waals surface area (Å²) in [7, 11) is 0. The Morgan fingerprint density at radius 2 is 2.15 bits per heavy atom. The highest BCUT2D eigenvalue weighted by Gasteiger charge is 2.24. The van der Waals surface area contributed by atoms with Crippen molar-refractivity contribution < 1.29 is 9.90 Å². The average molecular weight is 177 g/mol. The molecule has 13 heavy (non-hydrogen) atoms. The molecule has 1 aliphatic heterocycles. The van der Waals surface area contributed by atoms with Gasteiger partial charge in [-0.25, -0.2) is 0 Å². The number of hydrogen-bond acceptors (Lipinski definition) is 3. The number of benzene rings is 1. The molecule has 1 fully saturated rings. The summed E-state index contributed by atoms with van der Waals surface area (Å²) in [5, 5.41) is 12.6. The Hall–Kier alpha value is -1.35. The third-order valence-corrected chi connectivity index (χ3v) is 2.29. The van der Waals surface area contributed by atoms with Crippen molar-refractivity contribution in [2.45, 2.75) is 12.5 Å². The predicted octanol–water partition coefficient (Wildman–Crippen LogP) is 0.996. The zero-order valence-corrected chi connectivity index (χ0v) is 7.16. The SMILES string of the molecule is O=C1CNC(c2ccccc2O)C1. The molecule has 2 N–H and O–H groups in total. The molecular formula is C10H11NO2. The molecule has 1 atom stereocenters. The van der Waals surface area contributed by atoms with E-state index in [4.69, 9.17) is 0 Å². The number of carbonyl (C=O) groups excluding carboxylic acids is 1. The quantitative estimate of drug-likeness (QED) is 0.672. The maximum absolute atomic E-state index is 11.0. The molecule has 2 rings (SSSR count). The molecule has 1 aromatic rings. The third-order valence-electron chi connectivity index (χ3n) is 2.29. The van der Waals surface area contributed by atoms with Gasteiger partial charge in [0.05, 0.1) is 6.54 Å². The number of aromatic hydroxyl groups is 1. The molecule has 0 amide bonds. The van der Waals surface area contributed by atoms with Gasteiger partial charge in [-0.05, 0) is 6.07 Å². The number of phenolic OH excluding ortho intramolecular Hbond substituents is 1. The predicted molar refractivity (Wildman–Crippen MR) is 48.5 cm³/mol. The van der Waals surface area contributed by atoms with Gasteiger partial charge in [0.15, 0.2) is 0 Å². The number of rotatable bonds is 1. The van der Waals surface area contributed by atoms with Crippen molar-refractivity contribution in [1.29, 1.82) is 0 Å². The van der Waals surface area contributed by atoms with Gasteiger partial charge in [-0.2, -0.15) is 0 Å². The summed E-state index contributed by atoms with van der Waals surface area (Å²) in [6.07, 6.45) is 0.484. The van der Waals surface area contributed by atoms with Crippen LogP contribution in [0.15, 0.2) is 24.3 Å². The van der Waals surface area contributed by atoms with Crippen molar-refractivity contribution in [2.75, 3.05) is 6.54 Å². The molecular weight excluding hydrogens is 166 g/mol. The molecule has 3 nitrogen and oxygen atoms in total. The molecule has 0 saturated carbocycles. The van der Waals surface area contributed by atoms with Crippen molar-refractivity contribution in [3.63, 3.8) is 0 Å². The molecule has 3 heteroatoms. The van der Waals surface area contributed by atoms with Crippen LogP contribution in [-0.2, 0) is 4.79 Å². The Kier molecular flexibility index (Phi) is 2.02. The maximum atomic E-state index is 11.0. The Morgan fingerprint density at radius 1 is 1.38 bits per heavy atom. The van der Waals surface area contributed by atoms with Gasteiger partial charge in [-0.3, -0.25) is 4.79 Å². The lowest BCUT2D eigenvalue weighted by atomic mass is 10.0. The minimum Gasteiger partial charge on any atom is -0.508 e. The molecule has 0 aliphatic carbocycles. The molecule has 1 aromatic carbocycles. The Labute approximate surface area is 76.4 Å². The van der Waals surface area contributed by atoms with Crippen LogP contribution in [0.5, 0.6) is 5.75 Å². The summed E-state index contributed by atoms with van der Waals surface area (Å²) in [6.45, 7) is 0.416. The van der Waals surface area contributed by atoms with Gasteiger partial charge in [-0.15, -0.1) is 0 Å². The largest absolute Gasteiger partial charge is 0.508 e. The first-order chi connectivity index (χ1) is 6.27. The molecule has 1 saturated heterocycles. The second-order valence-corrected chi connectivity index (χ2v) is 3.24. The van der Waals surface area contributed by atoms with Crippen molar-refractivity contribution in [2.24, 2.45) is 0 Å². The Bertz CT molecular complexity index is 335. The second-order valence-electron chi connectivity index (χ2n) is 3.24. The van der Waals surface area contributed by atoms with E-state index in [1.54, 1.807) is 12.1 Å². The molecule has 1 unspecified atom stereocenters. The van der Waals surface area contributed by atoms with E-state index in [2.05, 4.69) is 5.32 Å². The van der Waals surface area contributed by atoms with E-state index in [9.17, 15) is 9.90 Å². The van der Waals surface area contributed by atoms with Crippen LogP contribution in [0.25, 0.3) is 0 Å². The van der Waals surface area contributed by atoms with Crippen molar-refractivity contribution in [3.05, 3.63) is 29.8 Å². The summed E-state index contributed by atoms with van der Waals surface area (Å²) >= 11 is 0. The van der Waals surface area contributed by atoms with Gasteiger partial charge >= 0.3 is 0 Å². The van der Waals surface area contributed by atoms with Gasteiger partial charge in [-0.1, -0.05) is 18.2 Å². The van der Waals surface area contributed by atoms with E-state index >= 15 is 0 Å². The highest BCUT2D eigenvalue weighted by Crippen LogP contribution is 2.28. The van der Waals surface area contributed by atoms with Gasteiger partial charge < -0.3 is 10.4 Å². The minimum absolute atomic E-state index is 0.00583. The Morgan fingerprint density at radius 3 is 2.77 bits per heavy atom. The van der Waals surface area contributed by atoms with E-state index in [0.717, 1.165) is 5.56 Å². The highest BCUT2D eigenvalue weighted by atomic mass is 16.3. The molecule has 0 aromatic heterocycles. The number of ketones is 1. The summed E-state index contributed by atoms with van der Waals surface area (Å²) in [6, 6.07) is 7.11. The summed E-state index contributed by atoms with van der Waals surface area (Å²) in [5.74, 6) is 0.461. The smallest absolute Gasteiger partial charge is 0.148 e. The van der Waals surface area contributed by atoms with Crippen LogP contribution in [0.1, 0.15) is 18.0 Å². The number of phenols is 1. The lowest BCUT2D eigenvalue weighted by Gasteiger charge is -2.10. The van der Waals surface area contributed by atoms with Crippen LogP contribution in [0.4, 0.5) is 0 Å². The number of nitrogens with one attached hydrogen (secondary N) is 1. The van der Waals surface area contributed by atoms with E-state index in [0.29, 0.717) is 13.0 Å². The summed E-state index contributed by atoms with van der Waals surface area (Å²) in [5.41, 5.74) is 0.813. The number of carbonyl (C=O) groups is 1. The summed E-state index contributed by atoms with van der Waals surface area (Å²) in [4.78, 5) is 11.0. The standard InChI is InChI=1S/C10H11NO2/c12-7-5-9(11-6-7)8-3-1-2-4-10(8)13/h1-4,9,11,13H,5-6H2. The zero-order valence-electron chi connectivity index (χ0n) is 7.16. The highest BCUT2D eigenvalue weighted by molar-refractivity contribution is 5.83. The third kappa shape index (κ3) is 1.55. The zero-order chi connectivity index (χ0) is 9.26. The molecule has 1 aliphatic rings. The molecule has 0 spiro atoms. The van der Waals surface area contributed by atoms with Crippen LogP contribution in [0, 0.1) is 0 Å². The molecule has 68 valence electrons. The minimum atomic E-state index is -0.00583. The molecule has 0 bridgehead atoms. The van der Waals surface area contributed by atoms with Crippen LogP contribution < -0.4 is 5.32 Å². The van der Waals surface area contributed by atoms with Crippen LogP contribution in [0.2, 0.25) is 0 Å². The van der Waals surface area contributed by atoms with Gasteiger partial charge in [0.25, 0.3) is 0 Å². The monoisotopic (exact) mass is 177 g/mol. The fourth-order valence-electron chi connectivity index (χ4n) is 1.61. The Balaban J connectivity index is 2.26. The fourth-order valence-corrected chi connectivity index (χ4v) is 1.61. The van der Waals surface area contributed by atoms with E-state index in [1.807, 2.05) is 12.1 Å². The lowest BCUT2D eigenvalue weighted by molar-refractivity contribution is -0.116. The number of Topliss-reactive ketones (excluding diaryl/α,β-unsaturated/α-hetero) is 1. The first-order valence-corrected chi connectivity index (χ1v) is 4.30. The average Bonchev–Trinajstić information content (AvgIpc) is 2.53.